The first-order valence-corrected chi connectivity index (χ1v) is 13.3. The van der Waals surface area contributed by atoms with Crippen LogP contribution in [0.2, 0.25) is 5.02 Å². The summed E-state index contributed by atoms with van der Waals surface area (Å²) in [5.41, 5.74) is 2.51. The maximum Gasteiger partial charge on any atom is 0.355 e. The van der Waals surface area contributed by atoms with Gasteiger partial charge in [0.05, 0.1) is 24.2 Å². The van der Waals surface area contributed by atoms with Gasteiger partial charge in [-0.3, -0.25) is 0 Å². The molecule has 0 radical (unpaired) electrons. The Labute approximate surface area is 227 Å². The minimum Gasteiger partial charge on any atom is -0.464 e. The summed E-state index contributed by atoms with van der Waals surface area (Å²) in [5.74, 6) is -0.690. The Bertz CT molecular complexity index is 1290. The highest BCUT2D eigenvalue weighted by Crippen LogP contribution is 2.35. The second-order valence-electron chi connectivity index (χ2n) is 10.00. The van der Waals surface area contributed by atoms with Crippen LogP contribution in [0.25, 0.3) is 5.69 Å². The van der Waals surface area contributed by atoms with Gasteiger partial charge in [-0.15, -0.1) is 0 Å². The van der Waals surface area contributed by atoms with E-state index in [4.69, 9.17) is 16.3 Å². The highest BCUT2D eigenvalue weighted by molar-refractivity contribution is 6.30. The van der Waals surface area contributed by atoms with Crippen LogP contribution in [0.15, 0.2) is 54.7 Å². The zero-order valence-corrected chi connectivity index (χ0v) is 22.7. The Morgan fingerprint density at radius 3 is 2.50 bits per heavy atom. The van der Waals surface area contributed by atoms with Gasteiger partial charge < -0.3 is 24.8 Å². The smallest absolute Gasteiger partial charge is 0.355 e. The number of urea groups is 1. The molecule has 2 aromatic carbocycles. The van der Waals surface area contributed by atoms with Crippen LogP contribution in [0.3, 0.4) is 0 Å². The van der Waals surface area contributed by atoms with E-state index < -0.39 is 17.8 Å². The molecule has 202 valence electrons. The maximum absolute atomic E-state index is 14.4. The first-order valence-electron chi connectivity index (χ1n) is 13.0. The molecule has 0 aliphatic heterocycles. The van der Waals surface area contributed by atoms with E-state index in [-0.39, 0.29) is 10.7 Å². The van der Waals surface area contributed by atoms with E-state index in [1.54, 1.807) is 22.9 Å². The summed E-state index contributed by atoms with van der Waals surface area (Å²) in [6, 6.07) is 13.0. The SMILES string of the molecule is COC(=O)c1cccn1-c1ccc(N(CC(C)C)C2CCCCC2)c(NC(=O)Nc2ccc(Cl)cc2F)c1. The minimum atomic E-state index is -0.625. The molecule has 38 heavy (non-hydrogen) atoms. The third-order valence-corrected chi connectivity index (χ3v) is 6.95. The van der Waals surface area contributed by atoms with Crippen LogP contribution in [0.1, 0.15) is 56.4 Å². The number of methoxy groups -OCH3 is 1. The minimum absolute atomic E-state index is 0.0225. The van der Waals surface area contributed by atoms with E-state index in [0.29, 0.717) is 29.0 Å². The molecular weight excluding hydrogens is 507 g/mol. The normalized spacial score (nSPS) is 13.8. The van der Waals surface area contributed by atoms with E-state index in [2.05, 4.69) is 29.4 Å². The number of amides is 2. The number of ether oxygens (including phenoxy) is 1. The number of benzene rings is 2. The number of esters is 1. The second-order valence-corrected chi connectivity index (χ2v) is 10.4. The quantitative estimate of drug-likeness (QED) is 0.290. The van der Waals surface area contributed by atoms with E-state index in [1.807, 2.05) is 18.2 Å². The second kappa shape index (κ2) is 12.3. The Morgan fingerprint density at radius 1 is 1.08 bits per heavy atom. The number of hydrogen-bond donors (Lipinski definition) is 2. The van der Waals surface area contributed by atoms with Crippen LogP contribution >= 0.6 is 11.6 Å². The fraction of sp³-hybridized carbons (Fsp3) is 0.379. The zero-order chi connectivity index (χ0) is 27.2. The Hall–Kier alpha value is -3.52. The summed E-state index contributed by atoms with van der Waals surface area (Å²) in [6.07, 6.45) is 7.50. The van der Waals surface area contributed by atoms with Gasteiger partial charge in [-0.05, 0) is 67.3 Å². The number of rotatable bonds is 8. The van der Waals surface area contributed by atoms with Crippen LogP contribution in [0.4, 0.5) is 26.2 Å². The van der Waals surface area contributed by atoms with Gasteiger partial charge >= 0.3 is 12.0 Å². The van der Waals surface area contributed by atoms with Gasteiger partial charge in [0.1, 0.15) is 11.5 Å². The first kappa shape index (κ1) is 27.5. The molecular formula is C29H34ClFN4O3. The topological polar surface area (TPSA) is 75.6 Å². The lowest BCUT2D eigenvalue weighted by atomic mass is 9.93. The molecule has 1 fully saturated rings. The molecule has 2 amide bonds. The highest BCUT2D eigenvalue weighted by atomic mass is 35.5. The lowest BCUT2D eigenvalue weighted by molar-refractivity contribution is 0.0591. The van der Waals surface area contributed by atoms with Gasteiger partial charge in [0.2, 0.25) is 0 Å². The third kappa shape index (κ3) is 6.48. The molecule has 2 N–H and O–H groups in total. The van der Waals surface area contributed by atoms with E-state index in [0.717, 1.165) is 31.1 Å². The Morgan fingerprint density at radius 2 is 1.82 bits per heavy atom. The number of anilines is 3. The van der Waals surface area contributed by atoms with Crippen LogP contribution in [-0.2, 0) is 4.74 Å². The predicted molar refractivity (Wildman–Crippen MR) is 150 cm³/mol. The van der Waals surface area contributed by atoms with Gasteiger partial charge in [-0.2, -0.15) is 0 Å². The van der Waals surface area contributed by atoms with Crippen molar-refractivity contribution in [1.29, 1.82) is 0 Å². The maximum atomic E-state index is 14.4. The highest BCUT2D eigenvalue weighted by Gasteiger charge is 2.25. The molecule has 0 atom stereocenters. The van der Waals surface area contributed by atoms with Crippen LogP contribution in [-0.4, -0.2) is 36.3 Å². The summed E-state index contributed by atoms with van der Waals surface area (Å²) in [5, 5.41) is 5.76. The number of nitrogens with one attached hydrogen (secondary N) is 2. The van der Waals surface area contributed by atoms with Crippen LogP contribution in [0.5, 0.6) is 0 Å². The number of halogens is 2. The standard InChI is InChI=1S/C29H34ClFN4O3/c1-19(2)18-35(21-8-5-4-6-9-21)26-14-12-22(34-15-7-10-27(34)28(36)38-3)17-25(26)33-29(37)32-24-13-11-20(30)16-23(24)31/h7,10-17,19,21H,4-6,8-9,18H2,1-3H3,(H2,32,33,37). The monoisotopic (exact) mass is 540 g/mol. The van der Waals surface area contributed by atoms with Crippen molar-refractivity contribution in [2.24, 2.45) is 5.92 Å². The molecule has 0 saturated heterocycles. The van der Waals surface area contributed by atoms with Crippen LogP contribution in [0, 0.1) is 11.7 Å². The predicted octanol–water partition coefficient (Wildman–Crippen LogP) is 7.50. The number of carbonyl (C=O) groups is 2. The Balaban J connectivity index is 1.73. The number of carbonyl (C=O) groups excluding carboxylic acids is 2. The molecule has 1 heterocycles. The average molecular weight is 541 g/mol. The van der Waals surface area contributed by atoms with Crippen LogP contribution < -0.4 is 15.5 Å². The van der Waals surface area contributed by atoms with Gasteiger partial charge in [-0.1, -0.05) is 44.7 Å². The first-order chi connectivity index (χ1) is 18.3. The fourth-order valence-corrected chi connectivity index (χ4v) is 5.16. The summed E-state index contributed by atoms with van der Waals surface area (Å²) in [4.78, 5) is 27.8. The summed E-state index contributed by atoms with van der Waals surface area (Å²) < 4.78 is 21.0. The molecule has 4 rings (SSSR count). The van der Waals surface area contributed by atoms with Gasteiger partial charge in [0.15, 0.2) is 0 Å². The number of hydrogen-bond acceptors (Lipinski definition) is 4. The van der Waals surface area contributed by atoms with Crippen molar-refractivity contribution in [2.75, 3.05) is 29.2 Å². The van der Waals surface area contributed by atoms with Gasteiger partial charge in [-0.25, -0.2) is 14.0 Å². The summed E-state index contributed by atoms with van der Waals surface area (Å²) in [7, 11) is 1.34. The zero-order valence-electron chi connectivity index (χ0n) is 22.0. The van der Waals surface area contributed by atoms with E-state index in [9.17, 15) is 14.0 Å². The largest absolute Gasteiger partial charge is 0.464 e. The molecule has 9 heteroatoms. The third-order valence-electron chi connectivity index (χ3n) is 6.72. The molecule has 1 aliphatic carbocycles. The molecule has 1 aliphatic rings. The van der Waals surface area contributed by atoms with E-state index >= 15 is 0 Å². The molecule has 7 nitrogen and oxygen atoms in total. The van der Waals surface area contributed by atoms with Crippen molar-refractivity contribution in [3.05, 3.63) is 71.3 Å². The van der Waals surface area contributed by atoms with Crippen molar-refractivity contribution in [1.82, 2.24) is 4.57 Å². The average Bonchev–Trinajstić information content (AvgIpc) is 3.39. The lowest BCUT2D eigenvalue weighted by Gasteiger charge is -2.38. The molecule has 3 aromatic rings. The molecule has 1 aromatic heterocycles. The summed E-state index contributed by atoms with van der Waals surface area (Å²) >= 11 is 5.86. The molecule has 0 bridgehead atoms. The number of nitrogens with zero attached hydrogens (tertiary/aromatic N) is 2. The lowest BCUT2D eigenvalue weighted by Crippen LogP contribution is -2.40. The van der Waals surface area contributed by atoms with Crippen molar-refractivity contribution in [3.63, 3.8) is 0 Å². The molecule has 0 spiro atoms. The van der Waals surface area contributed by atoms with Crippen molar-refractivity contribution < 1.29 is 18.7 Å². The van der Waals surface area contributed by atoms with E-state index in [1.165, 1.54) is 38.5 Å². The summed E-state index contributed by atoms with van der Waals surface area (Å²) in [6.45, 7) is 5.18. The van der Waals surface area contributed by atoms with Gasteiger partial charge in [0.25, 0.3) is 0 Å². The van der Waals surface area contributed by atoms with Gasteiger partial charge in [0, 0.05) is 29.5 Å². The van der Waals surface area contributed by atoms with Crippen molar-refractivity contribution in [2.45, 2.75) is 52.0 Å². The molecule has 0 unspecified atom stereocenters. The fourth-order valence-electron chi connectivity index (χ4n) is 5.00. The molecule has 1 saturated carbocycles. The van der Waals surface area contributed by atoms with Crippen molar-refractivity contribution >= 4 is 40.7 Å². The number of aromatic nitrogens is 1. The van der Waals surface area contributed by atoms with Crippen molar-refractivity contribution in [3.8, 4) is 5.69 Å². The Kier molecular flexibility index (Phi) is 8.94.